The van der Waals surface area contributed by atoms with E-state index in [1.807, 2.05) is 0 Å². The molecule has 0 amide bonds. The van der Waals surface area contributed by atoms with E-state index in [0.29, 0.717) is 5.92 Å². The van der Waals surface area contributed by atoms with E-state index in [9.17, 15) is 0 Å². The summed E-state index contributed by atoms with van der Waals surface area (Å²) >= 11 is 0. The summed E-state index contributed by atoms with van der Waals surface area (Å²) in [4.78, 5) is 4.91. The van der Waals surface area contributed by atoms with Gasteiger partial charge in [-0.3, -0.25) is 0 Å². The monoisotopic (exact) mass is 379 g/mol. The standard InChI is InChI=1S/C25H37N3/c1-16(2)23-26-20-13-19(11-12-21(20)27(23)10)14-25(8,9)28-15-17(3)18(4)22(28)24(5,6)7/h11-13,15-16H,14H2,1-10H3. The van der Waals surface area contributed by atoms with Gasteiger partial charge in [0, 0.05) is 35.8 Å². The summed E-state index contributed by atoms with van der Waals surface area (Å²) < 4.78 is 4.74. The predicted molar refractivity (Wildman–Crippen MR) is 120 cm³/mol. The Morgan fingerprint density at radius 2 is 1.68 bits per heavy atom. The first-order valence-electron chi connectivity index (χ1n) is 10.5. The zero-order valence-electron chi connectivity index (χ0n) is 19.4. The van der Waals surface area contributed by atoms with E-state index >= 15 is 0 Å². The van der Waals surface area contributed by atoms with Gasteiger partial charge in [-0.2, -0.15) is 0 Å². The van der Waals surface area contributed by atoms with E-state index < -0.39 is 0 Å². The largest absolute Gasteiger partial charge is 0.345 e. The number of rotatable bonds is 4. The molecule has 2 heterocycles. The van der Waals surface area contributed by atoms with Gasteiger partial charge in [0.15, 0.2) is 0 Å². The average molecular weight is 380 g/mol. The molecule has 0 unspecified atom stereocenters. The first-order valence-corrected chi connectivity index (χ1v) is 10.5. The molecule has 3 aromatic rings. The molecule has 28 heavy (non-hydrogen) atoms. The summed E-state index contributed by atoms with van der Waals surface area (Å²) in [7, 11) is 2.12. The van der Waals surface area contributed by atoms with E-state index in [4.69, 9.17) is 4.98 Å². The van der Waals surface area contributed by atoms with Crippen molar-refractivity contribution in [1.29, 1.82) is 0 Å². The summed E-state index contributed by atoms with van der Waals surface area (Å²) in [6.45, 7) is 20.5. The van der Waals surface area contributed by atoms with Crippen LogP contribution in [0.25, 0.3) is 11.0 Å². The van der Waals surface area contributed by atoms with Gasteiger partial charge in [0.25, 0.3) is 0 Å². The van der Waals surface area contributed by atoms with Gasteiger partial charge >= 0.3 is 0 Å². The zero-order chi connectivity index (χ0) is 21.0. The zero-order valence-corrected chi connectivity index (χ0v) is 19.4. The van der Waals surface area contributed by atoms with Gasteiger partial charge in [-0.25, -0.2) is 4.98 Å². The molecular formula is C25H37N3. The van der Waals surface area contributed by atoms with Crippen molar-refractivity contribution in [2.24, 2.45) is 7.05 Å². The quantitative estimate of drug-likeness (QED) is 0.515. The van der Waals surface area contributed by atoms with Crippen molar-refractivity contribution in [3.63, 3.8) is 0 Å². The van der Waals surface area contributed by atoms with Gasteiger partial charge < -0.3 is 9.13 Å². The topological polar surface area (TPSA) is 22.8 Å². The maximum absolute atomic E-state index is 4.91. The van der Waals surface area contributed by atoms with Crippen LogP contribution in [0.3, 0.4) is 0 Å². The minimum absolute atomic E-state index is 0.00896. The summed E-state index contributed by atoms with van der Waals surface area (Å²) in [5, 5.41) is 0. The molecule has 1 aromatic carbocycles. The van der Waals surface area contributed by atoms with E-state index in [-0.39, 0.29) is 11.0 Å². The highest BCUT2D eigenvalue weighted by atomic mass is 15.1. The third kappa shape index (κ3) is 3.52. The molecule has 152 valence electrons. The molecule has 0 fully saturated rings. The highest BCUT2D eigenvalue weighted by Crippen LogP contribution is 2.35. The van der Waals surface area contributed by atoms with Crippen LogP contribution in [0.5, 0.6) is 0 Å². The second-order valence-electron chi connectivity index (χ2n) is 10.4. The lowest BCUT2D eigenvalue weighted by Gasteiger charge is -2.34. The lowest BCUT2D eigenvalue weighted by Crippen LogP contribution is -2.33. The first-order chi connectivity index (χ1) is 12.8. The van der Waals surface area contributed by atoms with Crippen LogP contribution in [-0.4, -0.2) is 14.1 Å². The Labute approximate surface area is 170 Å². The molecule has 0 saturated carbocycles. The lowest BCUT2D eigenvalue weighted by molar-refractivity contribution is 0.324. The maximum atomic E-state index is 4.91. The summed E-state index contributed by atoms with van der Waals surface area (Å²) in [6.07, 6.45) is 3.32. The fourth-order valence-electron chi connectivity index (χ4n) is 4.60. The number of aromatic nitrogens is 3. The van der Waals surface area contributed by atoms with Crippen LogP contribution in [0, 0.1) is 13.8 Å². The molecule has 0 aliphatic heterocycles. The Hall–Kier alpha value is -2.03. The number of fused-ring (bicyclic) bond motifs is 1. The Bertz CT molecular complexity index is 1010. The van der Waals surface area contributed by atoms with Crippen molar-refractivity contribution in [3.8, 4) is 0 Å². The number of nitrogens with zero attached hydrogens (tertiary/aromatic N) is 3. The van der Waals surface area contributed by atoms with Gasteiger partial charge in [0.05, 0.1) is 11.0 Å². The molecule has 2 aromatic heterocycles. The van der Waals surface area contributed by atoms with Gasteiger partial charge in [0.1, 0.15) is 5.82 Å². The van der Waals surface area contributed by atoms with Crippen LogP contribution in [-0.2, 0) is 24.4 Å². The molecule has 0 aliphatic carbocycles. The number of benzene rings is 1. The minimum atomic E-state index is -0.00896. The molecular weight excluding hydrogens is 342 g/mol. The van der Waals surface area contributed by atoms with Crippen molar-refractivity contribution in [3.05, 3.63) is 52.6 Å². The Kier molecular flexibility index (Phi) is 5.02. The molecule has 3 heteroatoms. The van der Waals surface area contributed by atoms with Crippen molar-refractivity contribution >= 4 is 11.0 Å². The summed E-state index contributed by atoms with van der Waals surface area (Å²) in [6, 6.07) is 6.79. The second-order valence-corrected chi connectivity index (χ2v) is 10.4. The Morgan fingerprint density at radius 1 is 1.04 bits per heavy atom. The number of hydrogen-bond acceptors (Lipinski definition) is 1. The molecule has 0 saturated heterocycles. The summed E-state index contributed by atoms with van der Waals surface area (Å²) in [5.41, 5.74) is 8.01. The van der Waals surface area contributed by atoms with Gasteiger partial charge in [0.2, 0.25) is 0 Å². The second kappa shape index (κ2) is 6.79. The minimum Gasteiger partial charge on any atom is -0.345 e. The SMILES string of the molecule is Cc1cn(C(C)(C)Cc2ccc3c(c2)nc(C(C)C)n3C)c(C(C)(C)C)c1C. The van der Waals surface area contributed by atoms with Crippen molar-refractivity contribution in [1.82, 2.24) is 14.1 Å². The Balaban J connectivity index is 2.03. The smallest absolute Gasteiger partial charge is 0.112 e. The molecule has 3 nitrogen and oxygen atoms in total. The van der Waals surface area contributed by atoms with Gasteiger partial charge in [-0.05, 0) is 62.9 Å². The predicted octanol–water partition coefficient (Wildman–Crippen LogP) is 6.39. The van der Waals surface area contributed by atoms with Crippen LogP contribution in [0.1, 0.15) is 82.6 Å². The maximum Gasteiger partial charge on any atom is 0.112 e. The number of hydrogen-bond donors (Lipinski definition) is 0. The van der Waals surface area contributed by atoms with E-state index in [0.717, 1.165) is 17.8 Å². The molecule has 0 N–H and O–H groups in total. The van der Waals surface area contributed by atoms with E-state index in [2.05, 4.69) is 103 Å². The van der Waals surface area contributed by atoms with E-state index in [1.54, 1.807) is 0 Å². The fraction of sp³-hybridized carbons (Fsp3) is 0.560. The number of imidazole rings is 1. The third-order valence-corrected chi connectivity index (χ3v) is 6.01. The molecule has 0 radical (unpaired) electrons. The molecule has 0 spiro atoms. The highest BCUT2D eigenvalue weighted by Gasteiger charge is 2.30. The lowest BCUT2D eigenvalue weighted by atomic mass is 9.86. The van der Waals surface area contributed by atoms with Crippen LogP contribution in [0.4, 0.5) is 0 Å². The third-order valence-electron chi connectivity index (χ3n) is 6.01. The van der Waals surface area contributed by atoms with E-state index in [1.165, 1.54) is 27.9 Å². The van der Waals surface area contributed by atoms with Crippen LogP contribution in [0.2, 0.25) is 0 Å². The van der Waals surface area contributed by atoms with Crippen LogP contribution >= 0.6 is 0 Å². The normalized spacial score (nSPS) is 13.1. The first kappa shape index (κ1) is 20.7. The highest BCUT2D eigenvalue weighted by molar-refractivity contribution is 5.77. The van der Waals surface area contributed by atoms with Gasteiger partial charge in [-0.1, -0.05) is 40.7 Å². The molecule has 0 bridgehead atoms. The van der Waals surface area contributed by atoms with Crippen LogP contribution in [0.15, 0.2) is 24.4 Å². The molecule has 0 aliphatic rings. The van der Waals surface area contributed by atoms with Crippen molar-refractivity contribution in [2.75, 3.05) is 0 Å². The molecule has 3 rings (SSSR count). The summed E-state index contributed by atoms with van der Waals surface area (Å²) in [5.74, 6) is 1.58. The van der Waals surface area contributed by atoms with Gasteiger partial charge in [-0.15, -0.1) is 0 Å². The fourth-order valence-corrected chi connectivity index (χ4v) is 4.60. The van der Waals surface area contributed by atoms with Crippen LogP contribution < -0.4 is 0 Å². The average Bonchev–Trinajstić information content (AvgIpc) is 3.05. The van der Waals surface area contributed by atoms with Crippen molar-refractivity contribution in [2.45, 2.75) is 85.6 Å². The molecule has 0 atom stereocenters. The Morgan fingerprint density at radius 3 is 2.25 bits per heavy atom. The number of aryl methyl sites for hydroxylation is 2. The van der Waals surface area contributed by atoms with Crippen molar-refractivity contribution < 1.29 is 0 Å².